The van der Waals surface area contributed by atoms with Crippen molar-refractivity contribution in [3.8, 4) is 0 Å². The Hall–Kier alpha value is -0.940. The van der Waals surface area contributed by atoms with Gasteiger partial charge in [0.15, 0.2) is 0 Å². The molecule has 1 amide bonds. The van der Waals surface area contributed by atoms with Gasteiger partial charge in [-0.2, -0.15) is 0 Å². The Morgan fingerprint density at radius 1 is 1.44 bits per heavy atom. The monoisotopic (exact) mass is 317 g/mol. The number of hydrogen-bond acceptors (Lipinski definition) is 2. The molecule has 0 saturated carbocycles. The van der Waals surface area contributed by atoms with Gasteiger partial charge in [-0.15, -0.1) is 0 Å². The minimum absolute atomic E-state index is 0.0549. The lowest BCUT2D eigenvalue weighted by Crippen LogP contribution is -2.27. The number of benzene rings is 1. The Labute approximate surface area is 115 Å². The molecule has 1 aromatic rings. The van der Waals surface area contributed by atoms with Gasteiger partial charge in [0.2, 0.25) is 5.91 Å². The molecule has 1 rings (SSSR count). The fourth-order valence-corrected chi connectivity index (χ4v) is 1.71. The first-order valence-electron chi connectivity index (χ1n) is 5.58. The summed E-state index contributed by atoms with van der Waals surface area (Å²) in [5.74, 6) is -0.706. The average Bonchev–Trinajstić information content (AvgIpc) is 2.22. The number of aryl methyl sites for hydroxylation is 1. The van der Waals surface area contributed by atoms with Crippen molar-refractivity contribution < 1.29 is 13.9 Å². The van der Waals surface area contributed by atoms with Crippen molar-refractivity contribution in [3.05, 3.63) is 28.0 Å². The van der Waals surface area contributed by atoms with Crippen LogP contribution in [0, 0.1) is 12.7 Å². The Bertz CT molecular complexity index is 455. The second-order valence-corrected chi connectivity index (χ2v) is 5.88. The van der Waals surface area contributed by atoms with Crippen LogP contribution >= 0.6 is 15.9 Å². The van der Waals surface area contributed by atoms with Gasteiger partial charge in [0.05, 0.1) is 10.1 Å². The van der Waals surface area contributed by atoms with Gasteiger partial charge in [-0.25, -0.2) is 4.39 Å². The summed E-state index contributed by atoms with van der Waals surface area (Å²) in [6, 6.07) is 2.91. The van der Waals surface area contributed by atoms with Crippen molar-refractivity contribution in [1.29, 1.82) is 0 Å². The third-order valence-corrected chi connectivity index (χ3v) is 2.79. The van der Waals surface area contributed by atoms with E-state index in [4.69, 9.17) is 4.74 Å². The van der Waals surface area contributed by atoms with E-state index in [1.165, 1.54) is 6.07 Å². The predicted octanol–water partition coefficient (Wildman–Crippen LogP) is 3.65. The fraction of sp³-hybridized carbons (Fsp3) is 0.462. The maximum atomic E-state index is 13.4. The topological polar surface area (TPSA) is 38.3 Å². The average molecular weight is 318 g/mol. The molecule has 3 nitrogen and oxygen atoms in total. The van der Waals surface area contributed by atoms with Crippen LogP contribution in [0.15, 0.2) is 16.6 Å². The van der Waals surface area contributed by atoms with Gasteiger partial charge in [-0.05, 0) is 61.3 Å². The van der Waals surface area contributed by atoms with Crippen LogP contribution in [0.4, 0.5) is 10.1 Å². The fourth-order valence-electron chi connectivity index (χ4n) is 1.25. The molecule has 0 aromatic heterocycles. The van der Waals surface area contributed by atoms with Crippen molar-refractivity contribution in [3.63, 3.8) is 0 Å². The predicted molar refractivity (Wildman–Crippen MR) is 73.2 cm³/mol. The molecule has 1 aromatic carbocycles. The van der Waals surface area contributed by atoms with Crippen LogP contribution in [0.1, 0.15) is 26.3 Å². The molecule has 100 valence electrons. The van der Waals surface area contributed by atoms with E-state index in [1.807, 2.05) is 20.8 Å². The summed E-state index contributed by atoms with van der Waals surface area (Å²) < 4.78 is 19.1. The molecule has 0 radical (unpaired) electrons. The summed E-state index contributed by atoms with van der Waals surface area (Å²) in [5, 5.41) is 2.63. The quantitative estimate of drug-likeness (QED) is 0.924. The zero-order chi connectivity index (χ0) is 13.9. The highest BCUT2D eigenvalue weighted by Crippen LogP contribution is 2.23. The molecule has 1 N–H and O–H groups in total. The smallest absolute Gasteiger partial charge is 0.250 e. The van der Waals surface area contributed by atoms with Crippen molar-refractivity contribution in [2.24, 2.45) is 0 Å². The summed E-state index contributed by atoms with van der Waals surface area (Å²) in [6.45, 7) is 7.34. The lowest BCUT2D eigenvalue weighted by molar-refractivity contribution is -0.125. The molecule has 0 aliphatic carbocycles. The van der Waals surface area contributed by atoms with E-state index in [9.17, 15) is 9.18 Å². The van der Waals surface area contributed by atoms with Gasteiger partial charge in [-0.3, -0.25) is 4.79 Å². The van der Waals surface area contributed by atoms with E-state index < -0.39 is 5.82 Å². The van der Waals surface area contributed by atoms with E-state index in [0.29, 0.717) is 10.2 Å². The lowest BCUT2D eigenvalue weighted by Gasteiger charge is -2.19. The number of carbonyl (C=O) groups excluding carboxylic acids is 1. The molecule has 18 heavy (non-hydrogen) atoms. The first-order chi connectivity index (χ1) is 8.19. The minimum Gasteiger partial charge on any atom is -0.366 e. The van der Waals surface area contributed by atoms with Crippen molar-refractivity contribution in [2.75, 3.05) is 11.9 Å². The molecular weight excluding hydrogens is 301 g/mol. The molecule has 0 aliphatic heterocycles. The molecule has 0 saturated heterocycles. The van der Waals surface area contributed by atoms with E-state index in [0.717, 1.165) is 5.56 Å². The standard InChI is InChI=1S/C13H17BrFNO2/c1-8-5-9(14)10(15)6-11(8)16-12(17)7-18-13(2,3)4/h5-6H,7H2,1-4H3,(H,16,17). The highest BCUT2D eigenvalue weighted by atomic mass is 79.9. The van der Waals surface area contributed by atoms with Crippen LogP contribution in [0.3, 0.4) is 0 Å². The summed E-state index contributed by atoms with van der Waals surface area (Å²) in [4.78, 5) is 11.6. The van der Waals surface area contributed by atoms with Gasteiger partial charge in [0.1, 0.15) is 12.4 Å². The van der Waals surface area contributed by atoms with E-state index >= 15 is 0 Å². The van der Waals surface area contributed by atoms with Gasteiger partial charge in [0, 0.05) is 5.69 Å². The van der Waals surface area contributed by atoms with Crippen molar-refractivity contribution in [1.82, 2.24) is 0 Å². The zero-order valence-corrected chi connectivity index (χ0v) is 12.5. The Kier molecular flexibility index (Phi) is 4.87. The van der Waals surface area contributed by atoms with E-state index in [-0.39, 0.29) is 18.1 Å². The van der Waals surface area contributed by atoms with Gasteiger partial charge < -0.3 is 10.1 Å². The number of nitrogens with one attached hydrogen (secondary N) is 1. The SMILES string of the molecule is Cc1cc(Br)c(F)cc1NC(=O)COC(C)(C)C. The van der Waals surface area contributed by atoms with Crippen molar-refractivity contribution >= 4 is 27.5 Å². The summed E-state index contributed by atoms with van der Waals surface area (Å²) >= 11 is 3.09. The van der Waals surface area contributed by atoms with Gasteiger partial charge >= 0.3 is 0 Å². The van der Waals surface area contributed by atoms with Crippen LogP contribution in [0.2, 0.25) is 0 Å². The van der Waals surface area contributed by atoms with Crippen LogP contribution in [-0.2, 0) is 9.53 Å². The Morgan fingerprint density at radius 3 is 2.61 bits per heavy atom. The second-order valence-electron chi connectivity index (χ2n) is 5.03. The summed E-state index contributed by atoms with van der Waals surface area (Å²) in [5.41, 5.74) is 0.864. The number of carbonyl (C=O) groups is 1. The number of rotatable bonds is 3. The number of ether oxygens (including phenoxy) is 1. The van der Waals surface area contributed by atoms with E-state index in [2.05, 4.69) is 21.2 Å². The molecule has 0 fully saturated rings. The Morgan fingerprint density at radius 2 is 2.06 bits per heavy atom. The minimum atomic E-state index is -0.410. The summed E-state index contributed by atoms with van der Waals surface area (Å²) in [6.07, 6.45) is 0. The normalized spacial score (nSPS) is 11.4. The zero-order valence-electron chi connectivity index (χ0n) is 10.9. The Balaban J connectivity index is 2.68. The number of anilines is 1. The molecule has 0 heterocycles. The molecule has 0 unspecified atom stereocenters. The highest BCUT2D eigenvalue weighted by Gasteiger charge is 2.14. The van der Waals surface area contributed by atoms with Crippen molar-refractivity contribution in [2.45, 2.75) is 33.3 Å². The van der Waals surface area contributed by atoms with Crippen LogP contribution < -0.4 is 5.32 Å². The third kappa shape index (κ3) is 4.74. The molecule has 0 bridgehead atoms. The van der Waals surface area contributed by atoms with Crippen LogP contribution in [-0.4, -0.2) is 18.1 Å². The molecular formula is C13H17BrFNO2. The van der Waals surface area contributed by atoms with E-state index in [1.54, 1.807) is 13.0 Å². The second kappa shape index (κ2) is 5.80. The molecule has 5 heteroatoms. The summed E-state index contributed by atoms with van der Waals surface area (Å²) in [7, 11) is 0. The van der Waals surface area contributed by atoms with Crippen LogP contribution in [0.5, 0.6) is 0 Å². The first-order valence-corrected chi connectivity index (χ1v) is 6.38. The number of amides is 1. The van der Waals surface area contributed by atoms with Crippen LogP contribution in [0.25, 0.3) is 0 Å². The first kappa shape index (κ1) is 15.1. The highest BCUT2D eigenvalue weighted by molar-refractivity contribution is 9.10. The number of hydrogen-bond donors (Lipinski definition) is 1. The molecule has 0 spiro atoms. The third-order valence-electron chi connectivity index (χ3n) is 2.18. The maximum Gasteiger partial charge on any atom is 0.250 e. The maximum absolute atomic E-state index is 13.4. The molecule has 0 aliphatic rings. The van der Waals surface area contributed by atoms with Gasteiger partial charge in [-0.1, -0.05) is 0 Å². The molecule has 0 atom stereocenters. The number of halogens is 2. The van der Waals surface area contributed by atoms with Gasteiger partial charge in [0.25, 0.3) is 0 Å². The largest absolute Gasteiger partial charge is 0.366 e. The lowest BCUT2D eigenvalue weighted by atomic mass is 10.2.